The summed E-state index contributed by atoms with van der Waals surface area (Å²) in [7, 11) is 0. The Bertz CT molecular complexity index is 911. The summed E-state index contributed by atoms with van der Waals surface area (Å²) in [5.41, 5.74) is 1.98. The summed E-state index contributed by atoms with van der Waals surface area (Å²) in [6, 6.07) is 9.16. The fourth-order valence-corrected chi connectivity index (χ4v) is 4.45. The number of nitrogens with zero attached hydrogens (tertiary/aromatic N) is 4. The zero-order valence-corrected chi connectivity index (χ0v) is 17.3. The van der Waals surface area contributed by atoms with Gasteiger partial charge in [-0.25, -0.2) is 9.99 Å². The number of hydrogen-bond acceptors (Lipinski definition) is 6. The highest BCUT2D eigenvalue weighted by Crippen LogP contribution is 2.23. The van der Waals surface area contributed by atoms with E-state index < -0.39 is 0 Å². The molecule has 0 bridgehead atoms. The number of rotatable bonds is 5. The number of amides is 2. The first kappa shape index (κ1) is 19.7. The van der Waals surface area contributed by atoms with Gasteiger partial charge in [0.2, 0.25) is 5.91 Å². The molecule has 1 aromatic carbocycles. The molecule has 1 N–H and O–H groups in total. The minimum absolute atomic E-state index is 0.111. The first-order chi connectivity index (χ1) is 14.1. The van der Waals surface area contributed by atoms with E-state index in [1.165, 1.54) is 29.2 Å². The van der Waals surface area contributed by atoms with Crippen LogP contribution >= 0.6 is 11.3 Å². The summed E-state index contributed by atoms with van der Waals surface area (Å²) in [5.74, 6) is 0.312. The van der Waals surface area contributed by atoms with Crippen LogP contribution in [-0.4, -0.2) is 40.5 Å². The lowest BCUT2D eigenvalue weighted by atomic mass is 10.0. The zero-order valence-electron chi connectivity index (χ0n) is 16.5. The van der Waals surface area contributed by atoms with Crippen LogP contribution < -0.4 is 10.3 Å². The highest BCUT2D eigenvalue weighted by molar-refractivity contribution is 7.14. The predicted molar refractivity (Wildman–Crippen MR) is 115 cm³/mol. The maximum Gasteiger partial charge on any atom is 0.273 e. The summed E-state index contributed by atoms with van der Waals surface area (Å²) in [6.07, 6.45) is 3.11. The number of hydrogen-bond donors (Lipinski definition) is 1. The highest BCUT2D eigenvalue weighted by Gasteiger charge is 2.26. The molecule has 7 nitrogen and oxygen atoms in total. The van der Waals surface area contributed by atoms with Crippen molar-refractivity contribution in [3.8, 4) is 0 Å². The van der Waals surface area contributed by atoms with E-state index in [0.717, 1.165) is 31.2 Å². The summed E-state index contributed by atoms with van der Waals surface area (Å²) in [5, 5.41) is 11.0. The molecule has 29 heavy (non-hydrogen) atoms. The number of carbonyl (C=O) groups excluding carboxylic acids is 2. The molecule has 0 radical (unpaired) electrons. The average Bonchev–Trinajstić information content (AvgIpc) is 3.15. The third kappa shape index (κ3) is 4.89. The van der Waals surface area contributed by atoms with Crippen molar-refractivity contribution < 1.29 is 9.59 Å². The SMILES string of the molecule is CC1CCCN(Cc2csc(NC(=O)C3=NN(c4ccccc4)C(=O)CC3)n2)C1. The number of piperidine rings is 1. The third-order valence-electron chi connectivity index (χ3n) is 5.19. The van der Waals surface area contributed by atoms with Crippen LogP contribution in [0, 0.1) is 5.92 Å². The van der Waals surface area contributed by atoms with E-state index >= 15 is 0 Å². The van der Waals surface area contributed by atoms with E-state index in [1.54, 1.807) is 12.1 Å². The zero-order chi connectivity index (χ0) is 20.2. The number of carbonyl (C=O) groups is 2. The summed E-state index contributed by atoms with van der Waals surface area (Å²) < 4.78 is 0. The Morgan fingerprint density at radius 3 is 2.90 bits per heavy atom. The van der Waals surface area contributed by atoms with Crippen LogP contribution in [0.15, 0.2) is 40.8 Å². The van der Waals surface area contributed by atoms with Crippen LogP contribution in [0.5, 0.6) is 0 Å². The molecule has 2 aromatic rings. The molecule has 2 amide bonds. The normalized spacial score (nSPS) is 20.4. The predicted octanol–water partition coefficient (Wildman–Crippen LogP) is 3.50. The molecule has 3 heterocycles. The van der Waals surface area contributed by atoms with Crippen molar-refractivity contribution in [1.82, 2.24) is 9.88 Å². The van der Waals surface area contributed by atoms with Gasteiger partial charge < -0.3 is 0 Å². The second-order valence-corrected chi connectivity index (χ2v) is 8.53. The van der Waals surface area contributed by atoms with Crippen LogP contribution in [0.25, 0.3) is 0 Å². The van der Waals surface area contributed by atoms with Crippen molar-refractivity contribution in [2.75, 3.05) is 23.4 Å². The smallest absolute Gasteiger partial charge is 0.273 e. The molecule has 1 aromatic heterocycles. The second kappa shape index (κ2) is 8.84. The molecular weight excluding hydrogens is 386 g/mol. The fraction of sp³-hybridized carbons (Fsp3) is 0.429. The number of para-hydroxylation sites is 1. The van der Waals surface area contributed by atoms with Crippen molar-refractivity contribution in [2.24, 2.45) is 11.0 Å². The molecule has 1 fully saturated rings. The lowest BCUT2D eigenvalue weighted by Gasteiger charge is -2.30. The van der Waals surface area contributed by atoms with Crippen molar-refractivity contribution in [3.05, 3.63) is 41.4 Å². The second-order valence-electron chi connectivity index (χ2n) is 7.67. The minimum atomic E-state index is -0.300. The number of nitrogens with one attached hydrogen (secondary N) is 1. The maximum absolute atomic E-state index is 12.7. The summed E-state index contributed by atoms with van der Waals surface area (Å²) in [6.45, 7) is 5.30. The highest BCUT2D eigenvalue weighted by atomic mass is 32.1. The van der Waals surface area contributed by atoms with Gasteiger partial charge in [0.25, 0.3) is 5.91 Å². The first-order valence-corrected chi connectivity index (χ1v) is 10.9. The van der Waals surface area contributed by atoms with E-state index in [0.29, 0.717) is 23.0 Å². The van der Waals surface area contributed by atoms with Gasteiger partial charge in [0.1, 0.15) is 5.71 Å². The number of benzene rings is 1. The van der Waals surface area contributed by atoms with Gasteiger partial charge in [0, 0.05) is 31.3 Å². The molecule has 1 saturated heterocycles. The van der Waals surface area contributed by atoms with Gasteiger partial charge in [-0.2, -0.15) is 5.10 Å². The van der Waals surface area contributed by atoms with E-state index in [2.05, 4.69) is 27.2 Å². The van der Waals surface area contributed by atoms with E-state index in [4.69, 9.17) is 0 Å². The monoisotopic (exact) mass is 411 g/mol. The van der Waals surface area contributed by atoms with E-state index in [1.807, 2.05) is 23.6 Å². The van der Waals surface area contributed by atoms with Gasteiger partial charge in [-0.05, 0) is 37.4 Å². The molecule has 2 aliphatic heterocycles. The lowest BCUT2D eigenvalue weighted by molar-refractivity contribution is -0.118. The van der Waals surface area contributed by atoms with Gasteiger partial charge in [0.05, 0.1) is 11.4 Å². The van der Waals surface area contributed by atoms with E-state index in [9.17, 15) is 9.59 Å². The molecule has 0 spiro atoms. The van der Waals surface area contributed by atoms with Gasteiger partial charge in [-0.3, -0.25) is 19.8 Å². The number of likely N-dealkylation sites (tertiary alicyclic amines) is 1. The number of aromatic nitrogens is 1. The van der Waals surface area contributed by atoms with Crippen LogP contribution in [0.1, 0.15) is 38.3 Å². The molecule has 4 rings (SSSR count). The molecule has 8 heteroatoms. The summed E-state index contributed by atoms with van der Waals surface area (Å²) in [4.78, 5) is 31.9. The van der Waals surface area contributed by atoms with Gasteiger partial charge in [0.15, 0.2) is 5.13 Å². The Kier molecular flexibility index (Phi) is 6.01. The maximum atomic E-state index is 12.7. The quantitative estimate of drug-likeness (QED) is 0.817. The van der Waals surface area contributed by atoms with Crippen LogP contribution in [0.4, 0.5) is 10.8 Å². The third-order valence-corrected chi connectivity index (χ3v) is 6.00. The molecule has 2 aliphatic rings. The largest absolute Gasteiger partial charge is 0.297 e. The van der Waals surface area contributed by atoms with Gasteiger partial charge in [-0.15, -0.1) is 11.3 Å². The topological polar surface area (TPSA) is 77.9 Å². The Balaban J connectivity index is 1.40. The van der Waals surface area contributed by atoms with Crippen molar-refractivity contribution >= 4 is 39.7 Å². The Hall–Kier alpha value is -2.58. The molecule has 0 aliphatic carbocycles. The summed E-state index contributed by atoms with van der Waals surface area (Å²) >= 11 is 1.42. The number of anilines is 2. The van der Waals surface area contributed by atoms with Crippen molar-refractivity contribution in [2.45, 2.75) is 39.2 Å². The van der Waals surface area contributed by atoms with Crippen LogP contribution in [-0.2, 0) is 16.1 Å². The van der Waals surface area contributed by atoms with Crippen molar-refractivity contribution in [1.29, 1.82) is 0 Å². The van der Waals surface area contributed by atoms with Gasteiger partial charge >= 0.3 is 0 Å². The standard InChI is InChI=1S/C21H25N5O2S/c1-15-6-5-11-25(12-15)13-16-14-29-21(22-16)23-20(28)18-9-10-19(27)26(24-18)17-7-3-2-4-8-17/h2-4,7-8,14-15H,5-6,9-13H2,1H3,(H,22,23,28). The molecular formula is C21H25N5O2S. The molecule has 0 saturated carbocycles. The molecule has 1 unspecified atom stereocenters. The number of hydrazone groups is 1. The minimum Gasteiger partial charge on any atom is -0.297 e. The Morgan fingerprint density at radius 2 is 2.10 bits per heavy atom. The fourth-order valence-electron chi connectivity index (χ4n) is 3.75. The van der Waals surface area contributed by atoms with E-state index in [-0.39, 0.29) is 18.2 Å². The Morgan fingerprint density at radius 1 is 1.28 bits per heavy atom. The number of thiazole rings is 1. The Labute approximate surface area is 174 Å². The van der Waals surface area contributed by atoms with Crippen LogP contribution in [0.2, 0.25) is 0 Å². The van der Waals surface area contributed by atoms with Crippen molar-refractivity contribution in [3.63, 3.8) is 0 Å². The first-order valence-electron chi connectivity index (χ1n) is 10.0. The lowest BCUT2D eigenvalue weighted by Crippen LogP contribution is -2.36. The molecule has 152 valence electrons. The average molecular weight is 412 g/mol. The molecule has 1 atom stereocenters. The van der Waals surface area contributed by atoms with Crippen LogP contribution in [0.3, 0.4) is 0 Å². The van der Waals surface area contributed by atoms with Gasteiger partial charge in [-0.1, -0.05) is 25.1 Å².